The van der Waals surface area contributed by atoms with Crippen LogP contribution in [0.25, 0.3) is 0 Å². The van der Waals surface area contributed by atoms with Crippen molar-refractivity contribution < 1.29 is 9.90 Å². The summed E-state index contributed by atoms with van der Waals surface area (Å²) in [6.07, 6.45) is 13.2. The molecule has 0 saturated heterocycles. The van der Waals surface area contributed by atoms with Crippen LogP contribution in [0.5, 0.6) is 0 Å². The molecule has 0 aliphatic heterocycles. The topological polar surface area (TPSA) is 40.5 Å². The van der Waals surface area contributed by atoms with E-state index in [0.717, 1.165) is 12.8 Å². The molecule has 0 radical (unpaired) electrons. The predicted octanol–water partition coefficient (Wildman–Crippen LogP) is 4.31. The molecule has 0 saturated carbocycles. The first-order valence-electron chi connectivity index (χ1n) is 7.96. The highest BCUT2D eigenvalue weighted by Gasteiger charge is 2.14. The summed E-state index contributed by atoms with van der Waals surface area (Å²) in [5.74, 6) is -0.686. The third kappa shape index (κ3) is 12.2. The molecule has 0 aromatic carbocycles. The van der Waals surface area contributed by atoms with Crippen LogP contribution in [0.2, 0.25) is 0 Å². The Morgan fingerprint density at radius 1 is 0.947 bits per heavy atom. The number of carboxylic acids is 1. The van der Waals surface area contributed by atoms with Gasteiger partial charge >= 0.3 is 5.97 Å². The lowest BCUT2D eigenvalue weighted by Gasteiger charge is -2.22. The van der Waals surface area contributed by atoms with Crippen molar-refractivity contribution >= 4 is 5.97 Å². The zero-order valence-corrected chi connectivity index (χ0v) is 13.2. The molecule has 0 heterocycles. The molecule has 3 nitrogen and oxygen atoms in total. The van der Waals surface area contributed by atoms with Gasteiger partial charge in [0.1, 0.15) is 0 Å². The van der Waals surface area contributed by atoms with Crippen LogP contribution in [0.15, 0.2) is 0 Å². The number of rotatable bonds is 13. The molecule has 0 spiro atoms. The van der Waals surface area contributed by atoms with Gasteiger partial charge in [-0.2, -0.15) is 0 Å². The molecule has 19 heavy (non-hydrogen) atoms. The van der Waals surface area contributed by atoms with Crippen LogP contribution in [-0.2, 0) is 4.79 Å². The van der Waals surface area contributed by atoms with Gasteiger partial charge in [0.25, 0.3) is 0 Å². The van der Waals surface area contributed by atoms with Crippen LogP contribution in [0.3, 0.4) is 0 Å². The fraction of sp³-hybridized carbons (Fsp3) is 0.938. The van der Waals surface area contributed by atoms with Crippen molar-refractivity contribution in [1.29, 1.82) is 0 Å². The van der Waals surface area contributed by atoms with Crippen molar-refractivity contribution in [2.75, 3.05) is 14.1 Å². The van der Waals surface area contributed by atoms with Crippen molar-refractivity contribution in [2.45, 2.75) is 83.6 Å². The molecule has 0 rings (SSSR count). The molecule has 1 unspecified atom stereocenters. The summed E-state index contributed by atoms with van der Waals surface area (Å²) in [5, 5.41) is 8.85. The minimum atomic E-state index is -0.686. The molecule has 0 amide bonds. The Labute approximate surface area is 119 Å². The van der Waals surface area contributed by atoms with Gasteiger partial charge in [0, 0.05) is 6.04 Å². The van der Waals surface area contributed by atoms with Crippen molar-refractivity contribution in [2.24, 2.45) is 0 Å². The van der Waals surface area contributed by atoms with Gasteiger partial charge < -0.3 is 10.0 Å². The fourth-order valence-corrected chi connectivity index (χ4v) is 2.44. The molecular formula is C16H33NO2. The maximum atomic E-state index is 10.7. The average Bonchev–Trinajstić information content (AvgIpc) is 2.34. The van der Waals surface area contributed by atoms with Crippen LogP contribution >= 0.6 is 0 Å². The fourth-order valence-electron chi connectivity index (χ4n) is 2.44. The van der Waals surface area contributed by atoms with E-state index in [0.29, 0.717) is 0 Å². The highest BCUT2D eigenvalue weighted by molar-refractivity contribution is 5.67. The first-order valence-corrected chi connectivity index (χ1v) is 7.96. The molecule has 0 aliphatic carbocycles. The lowest BCUT2D eigenvalue weighted by atomic mass is 10.0. The number of nitrogens with zero attached hydrogens (tertiary/aromatic N) is 1. The molecule has 0 aromatic rings. The molecule has 114 valence electrons. The number of aliphatic carboxylic acids is 1. The van der Waals surface area contributed by atoms with E-state index in [9.17, 15) is 4.79 Å². The summed E-state index contributed by atoms with van der Waals surface area (Å²) in [4.78, 5) is 12.8. The largest absolute Gasteiger partial charge is 0.481 e. The summed E-state index contributed by atoms with van der Waals surface area (Å²) in [7, 11) is 3.95. The minimum absolute atomic E-state index is 0.196. The van der Waals surface area contributed by atoms with Gasteiger partial charge in [-0.1, -0.05) is 64.7 Å². The average molecular weight is 271 g/mol. The highest BCUT2D eigenvalue weighted by Crippen LogP contribution is 2.14. The second-order valence-electron chi connectivity index (χ2n) is 5.83. The summed E-state index contributed by atoms with van der Waals surface area (Å²) < 4.78 is 0. The maximum absolute atomic E-state index is 10.7. The number of carboxylic acid groups (broad SMARTS) is 1. The van der Waals surface area contributed by atoms with Crippen molar-refractivity contribution in [3.63, 3.8) is 0 Å². The summed E-state index contributed by atoms with van der Waals surface area (Å²) in [6.45, 7) is 2.25. The number of carbonyl (C=O) groups is 1. The Hall–Kier alpha value is -0.570. The van der Waals surface area contributed by atoms with E-state index < -0.39 is 5.97 Å². The second-order valence-corrected chi connectivity index (χ2v) is 5.83. The van der Waals surface area contributed by atoms with Crippen LogP contribution in [0, 0.1) is 0 Å². The van der Waals surface area contributed by atoms with Gasteiger partial charge in [-0.3, -0.25) is 4.79 Å². The Kier molecular flexibility index (Phi) is 12.1. The molecular weight excluding hydrogens is 238 g/mol. The molecule has 1 N–H and O–H groups in total. The zero-order valence-electron chi connectivity index (χ0n) is 13.2. The molecule has 0 aromatic heterocycles. The smallest absolute Gasteiger partial charge is 0.304 e. The molecule has 3 heteroatoms. The predicted molar refractivity (Wildman–Crippen MR) is 81.6 cm³/mol. The van der Waals surface area contributed by atoms with E-state index >= 15 is 0 Å². The quantitative estimate of drug-likeness (QED) is 0.507. The van der Waals surface area contributed by atoms with E-state index in [-0.39, 0.29) is 12.5 Å². The zero-order chi connectivity index (χ0) is 14.5. The third-order valence-corrected chi connectivity index (χ3v) is 3.78. The SMILES string of the molecule is CCCCCCCCCCCC(CC(=O)O)N(C)C. The van der Waals surface area contributed by atoms with Gasteiger partial charge in [0.2, 0.25) is 0 Å². The van der Waals surface area contributed by atoms with E-state index in [1.165, 1.54) is 51.4 Å². The van der Waals surface area contributed by atoms with Gasteiger partial charge in [-0.25, -0.2) is 0 Å². The van der Waals surface area contributed by atoms with Crippen molar-refractivity contribution in [1.82, 2.24) is 4.90 Å². The van der Waals surface area contributed by atoms with Crippen LogP contribution in [0.4, 0.5) is 0 Å². The first-order chi connectivity index (χ1) is 9.07. The van der Waals surface area contributed by atoms with Crippen LogP contribution in [-0.4, -0.2) is 36.1 Å². The van der Waals surface area contributed by atoms with Gasteiger partial charge in [-0.15, -0.1) is 0 Å². The number of hydrogen-bond acceptors (Lipinski definition) is 2. The molecule has 0 aliphatic rings. The molecule has 0 bridgehead atoms. The summed E-state index contributed by atoms with van der Waals surface area (Å²) in [5.41, 5.74) is 0. The first kappa shape index (κ1) is 18.4. The van der Waals surface area contributed by atoms with Gasteiger partial charge in [-0.05, 0) is 20.5 Å². The summed E-state index contributed by atoms with van der Waals surface area (Å²) >= 11 is 0. The van der Waals surface area contributed by atoms with Gasteiger partial charge in [0.05, 0.1) is 6.42 Å². The Morgan fingerprint density at radius 2 is 1.42 bits per heavy atom. The lowest BCUT2D eigenvalue weighted by Crippen LogP contribution is -2.30. The van der Waals surface area contributed by atoms with Gasteiger partial charge in [0.15, 0.2) is 0 Å². The van der Waals surface area contributed by atoms with E-state index in [1.54, 1.807) is 0 Å². The Morgan fingerprint density at radius 3 is 1.84 bits per heavy atom. The van der Waals surface area contributed by atoms with E-state index in [2.05, 4.69) is 6.92 Å². The number of unbranched alkanes of at least 4 members (excludes halogenated alkanes) is 8. The van der Waals surface area contributed by atoms with Crippen molar-refractivity contribution in [3.8, 4) is 0 Å². The monoisotopic (exact) mass is 271 g/mol. The number of hydrogen-bond donors (Lipinski definition) is 1. The second kappa shape index (κ2) is 12.5. The Balaban J connectivity index is 3.42. The van der Waals surface area contributed by atoms with E-state index in [1.807, 2.05) is 19.0 Å². The highest BCUT2D eigenvalue weighted by atomic mass is 16.4. The standard InChI is InChI=1S/C16H33NO2/c1-4-5-6-7-8-9-10-11-12-13-15(17(2)3)14-16(18)19/h15H,4-14H2,1-3H3,(H,18,19). The van der Waals surface area contributed by atoms with E-state index in [4.69, 9.17) is 5.11 Å². The Bertz CT molecular complexity index is 217. The maximum Gasteiger partial charge on any atom is 0.304 e. The molecule has 1 atom stereocenters. The van der Waals surface area contributed by atoms with Crippen LogP contribution < -0.4 is 0 Å². The summed E-state index contributed by atoms with van der Waals surface area (Å²) in [6, 6.07) is 0.196. The lowest BCUT2D eigenvalue weighted by molar-refractivity contribution is -0.138. The van der Waals surface area contributed by atoms with Crippen LogP contribution in [0.1, 0.15) is 77.6 Å². The minimum Gasteiger partial charge on any atom is -0.481 e. The normalized spacial score (nSPS) is 12.8. The molecule has 0 fully saturated rings. The van der Waals surface area contributed by atoms with Crippen molar-refractivity contribution in [3.05, 3.63) is 0 Å². The third-order valence-electron chi connectivity index (χ3n) is 3.78.